The fraction of sp³-hybridized carbons (Fsp3) is 0.190. The van der Waals surface area contributed by atoms with E-state index in [4.69, 9.17) is 4.74 Å². The first-order valence-corrected chi connectivity index (χ1v) is 10.0. The number of carbonyl (C=O) groups is 1. The van der Waals surface area contributed by atoms with Crippen LogP contribution in [0.25, 0.3) is 21.3 Å². The van der Waals surface area contributed by atoms with Gasteiger partial charge in [-0.25, -0.2) is 18.4 Å². The Hall–Kier alpha value is -3.40. The van der Waals surface area contributed by atoms with Crippen LogP contribution in [0, 0.1) is 5.95 Å². The van der Waals surface area contributed by atoms with Crippen LogP contribution in [0.1, 0.15) is 27.4 Å². The minimum Gasteiger partial charge on any atom is -0.481 e. The van der Waals surface area contributed by atoms with Crippen molar-refractivity contribution in [1.29, 1.82) is 0 Å². The lowest BCUT2D eigenvalue weighted by Gasteiger charge is -2.08. The second kappa shape index (κ2) is 8.38. The smallest absolute Gasteiger partial charge is 0.283 e. The van der Waals surface area contributed by atoms with Crippen molar-refractivity contribution >= 4 is 27.3 Å². The first-order valence-electron chi connectivity index (χ1n) is 9.21. The van der Waals surface area contributed by atoms with Crippen LogP contribution in [0.4, 0.5) is 13.2 Å². The number of hydrogen-bond donors (Lipinski definition) is 1. The number of pyridine rings is 1. The van der Waals surface area contributed by atoms with E-state index >= 15 is 0 Å². The molecule has 1 aromatic carbocycles. The normalized spacial score (nSPS) is 11.3. The number of nitrogens with one attached hydrogen (secondary N) is 1. The van der Waals surface area contributed by atoms with Gasteiger partial charge in [0, 0.05) is 33.6 Å². The first-order chi connectivity index (χ1) is 14.9. The van der Waals surface area contributed by atoms with E-state index in [1.165, 1.54) is 18.4 Å². The standard InChI is InChI=1S/C21H17F3N4O2S/c1-28-20(24)17(18(27-28)19(22)23)21(29)25-10-14-16(11-6-3-4-8-13(11)31-14)12-7-5-9-15(26-12)30-2/h3-9,19H,10H2,1-2H3,(H,25,29). The molecule has 0 fully saturated rings. The lowest BCUT2D eigenvalue weighted by Crippen LogP contribution is -2.24. The molecule has 1 amide bonds. The van der Waals surface area contributed by atoms with Crippen LogP contribution in [0.2, 0.25) is 0 Å². The zero-order chi connectivity index (χ0) is 22.1. The van der Waals surface area contributed by atoms with Gasteiger partial charge in [0.2, 0.25) is 11.8 Å². The maximum Gasteiger partial charge on any atom is 0.283 e. The van der Waals surface area contributed by atoms with E-state index in [-0.39, 0.29) is 6.54 Å². The summed E-state index contributed by atoms with van der Waals surface area (Å²) in [6, 6.07) is 13.0. The molecular formula is C21H17F3N4O2S. The molecule has 1 N–H and O–H groups in total. The molecule has 4 rings (SSSR count). The number of benzene rings is 1. The molecule has 4 aromatic rings. The lowest BCUT2D eigenvalue weighted by molar-refractivity contribution is 0.0932. The number of hydrogen-bond acceptors (Lipinski definition) is 5. The Labute approximate surface area is 179 Å². The number of nitrogens with zero attached hydrogens (tertiary/aromatic N) is 3. The van der Waals surface area contributed by atoms with Gasteiger partial charge >= 0.3 is 0 Å². The second-order valence-corrected chi connectivity index (χ2v) is 7.76. The Morgan fingerprint density at radius 1 is 1.23 bits per heavy atom. The van der Waals surface area contributed by atoms with Crippen molar-refractivity contribution in [2.75, 3.05) is 7.11 Å². The summed E-state index contributed by atoms with van der Waals surface area (Å²) in [5, 5.41) is 6.89. The van der Waals surface area contributed by atoms with E-state index in [9.17, 15) is 18.0 Å². The molecule has 0 aliphatic rings. The number of ether oxygens (including phenoxy) is 1. The highest BCUT2D eigenvalue weighted by molar-refractivity contribution is 7.19. The topological polar surface area (TPSA) is 69.0 Å². The van der Waals surface area contributed by atoms with Crippen LogP contribution in [0.5, 0.6) is 5.88 Å². The van der Waals surface area contributed by atoms with E-state index < -0.39 is 29.5 Å². The molecule has 3 heterocycles. The van der Waals surface area contributed by atoms with Crippen molar-refractivity contribution in [3.8, 4) is 17.1 Å². The molecular weight excluding hydrogens is 429 g/mol. The molecule has 31 heavy (non-hydrogen) atoms. The van der Waals surface area contributed by atoms with Crippen molar-refractivity contribution < 1.29 is 22.7 Å². The van der Waals surface area contributed by atoms with Gasteiger partial charge in [-0.05, 0) is 12.1 Å². The number of fused-ring (bicyclic) bond motifs is 1. The molecule has 0 bridgehead atoms. The highest BCUT2D eigenvalue weighted by Crippen LogP contribution is 2.38. The zero-order valence-corrected chi connectivity index (χ0v) is 17.3. The monoisotopic (exact) mass is 446 g/mol. The van der Waals surface area contributed by atoms with Crippen molar-refractivity contribution in [3.63, 3.8) is 0 Å². The van der Waals surface area contributed by atoms with Crippen LogP contribution in [0.3, 0.4) is 0 Å². The maximum atomic E-state index is 14.2. The molecule has 160 valence electrons. The van der Waals surface area contributed by atoms with Gasteiger partial charge in [0.1, 0.15) is 11.3 Å². The third-order valence-electron chi connectivity index (χ3n) is 4.70. The Morgan fingerprint density at radius 3 is 2.74 bits per heavy atom. The van der Waals surface area contributed by atoms with Gasteiger partial charge < -0.3 is 10.1 Å². The zero-order valence-electron chi connectivity index (χ0n) is 16.5. The van der Waals surface area contributed by atoms with Crippen LogP contribution in [0.15, 0.2) is 42.5 Å². The van der Waals surface area contributed by atoms with Crippen LogP contribution < -0.4 is 10.1 Å². The maximum absolute atomic E-state index is 14.2. The largest absolute Gasteiger partial charge is 0.481 e. The molecule has 0 atom stereocenters. The molecule has 0 aliphatic heterocycles. The number of carbonyl (C=O) groups excluding carboxylic acids is 1. The van der Waals surface area contributed by atoms with Crippen LogP contribution in [-0.2, 0) is 13.6 Å². The highest BCUT2D eigenvalue weighted by Gasteiger charge is 2.28. The minimum atomic E-state index is -3.07. The van der Waals surface area contributed by atoms with Gasteiger partial charge in [0.15, 0.2) is 0 Å². The van der Waals surface area contributed by atoms with E-state index in [0.717, 1.165) is 27.6 Å². The average Bonchev–Trinajstić information content (AvgIpc) is 3.29. The molecule has 3 aromatic heterocycles. The number of thiophene rings is 1. The van der Waals surface area contributed by atoms with Gasteiger partial charge in [-0.1, -0.05) is 24.3 Å². The van der Waals surface area contributed by atoms with E-state index in [1.54, 1.807) is 12.1 Å². The molecule has 6 nitrogen and oxygen atoms in total. The van der Waals surface area contributed by atoms with Gasteiger partial charge in [0.25, 0.3) is 12.3 Å². The SMILES string of the molecule is COc1cccc(-c2c(CNC(=O)c3c(C(F)F)nn(C)c3F)sc3ccccc23)n1. The predicted octanol–water partition coefficient (Wildman–Crippen LogP) is 4.71. The Kier molecular flexibility index (Phi) is 5.64. The Balaban J connectivity index is 1.71. The van der Waals surface area contributed by atoms with E-state index in [1.807, 2.05) is 30.3 Å². The highest BCUT2D eigenvalue weighted by atomic mass is 32.1. The summed E-state index contributed by atoms with van der Waals surface area (Å²) in [7, 11) is 2.68. The number of aromatic nitrogens is 3. The van der Waals surface area contributed by atoms with Gasteiger partial charge in [-0.2, -0.15) is 9.49 Å². The summed E-state index contributed by atoms with van der Waals surface area (Å²) in [5.74, 6) is -1.64. The van der Waals surface area contributed by atoms with Gasteiger partial charge in [0.05, 0.1) is 19.3 Å². The quantitative estimate of drug-likeness (QED) is 0.466. The number of alkyl halides is 2. The number of halogens is 3. The Bertz CT molecular complexity index is 1270. The lowest BCUT2D eigenvalue weighted by atomic mass is 10.1. The first kappa shape index (κ1) is 20.9. The van der Waals surface area contributed by atoms with Crippen LogP contribution >= 0.6 is 11.3 Å². The third-order valence-corrected chi connectivity index (χ3v) is 5.88. The van der Waals surface area contributed by atoms with E-state index in [2.05, 4.69) is 15.4 Å². The number of rotatable bonds is 6. The molecule has 0 radical (unpaired) electrons. The van der Waals surface area contributed by atoms with Gasteiger partial charge in [-0.3, -0.25) is 4.79 Å². The summed E-state index contributed by atoms with van der Waals surface area (Å²) in [6.07, 6.45) is -3.07. The summed E-state index contributed by atoms with van der Waals surface area (Å²) >= 11 is 1.43. The second-order valence-electron chi connectivity index (χ2n) is 6.62. The fourth-order valence-electron chi connectivity index (χ4n) is 3.30. The summed E-state index contributed by atoms with van der Waals surface area (Å²) in [6.45, 7) is 0.00339. The minimum absolute atomic E-state index is 0.00339. The van der Waals surface area contributed by atoms with Crippen molar-refractivity contribution in [1.82, 2.24) is 20.1 Å². The number of aryl methyl sites for hydroxylation is 1. The molecule has 0 aliphatic carbocycles. The number of methoxy groups -OCH3 is 1. The fourth-order valence-corrected chi connectivity index (χ4v) is 4.46. The molecule has 0 spiro atoms. The average molecular weight is 446 g/mol. The number of amides is 1. The van der Waals surface area contributed by atoms with Crippen molar-refractivity contribution in [3.05, 3.63) is 64.5 Å². The van der Waals surface area contributed by atoms with Crippen LogP contribution in [-0.4, -0.2) is 27.8 Å². The van der Waals surface area contributed by atoms with Crippen molar-refractivity contribution in [2.24, 2.45) is 7.05 Å². The van der Waals surface area contributed by atoms with Gasteiger partial charge in [-0.15, -0.1) is 11.3 Å². The molecule has 0 unspecified atom stereocenters. The van der Waals surface area contributed by atoms with Crippen molar-refractivity contribution in [2.45, 2.75) is 13.0 Å². The third kappa shape index (κ3) is 3.86. The summed E-state index contributed by atoms with van der Waals surface area (Å²) in [4.78, 5) is 17.8. The molecule has 0 saturated carbocycles. The predicted molar refractivity (Wildman–Crippen MR) is 111 cm³/mol. The summed E-state index contributed by atoms with van der Waals surface area (Å²) < 4.78 is 47.4. The molecule has 10 heteroatoms. The summed E-state index contributed by atoms with van der Waals surface area (Å²) in [5.41, 5.74) is -0.203. The molecule has 0 saturated heterocycles. The Morgan fingerprint density at radius 2 is 2.00 bits per heavy atom. The van der Waals surface area contributed by atoms with E-state index in [0.29, 0.717) is 16.3 Å².